The van der Waals surface area contributed by atoms with E-state index < -0.39 is 10.0 Å². The molecule has 0 atom stereocenters. The molecule has 0 bridgehead atoms. The minimum Gasteiger partial charge on any atom is -0.494 e. The highest BCUT2D eigenvalue weighted by molar-refractivity contribution is 7.89. The van der Waals surface area contributed by atoms with Crippen molar-refractivity contribution in [3.63, 3.8) is 0 Å². The van der Waals surface area contributed by atoms with Crippen LogP contribution in [-0.2, 0) is 10.0 Å². The summed E-state index contributed by atoms with van der Waals surface area (Å²) in [6, 6.07) is 6.62. The number of aryl methyl sites for hydroxylation is 2. The van der Waals surface area contributed by atoms with Crippen LogP contribution in [0.15, 0.2) is 35.5 Å². The summed E-state index contributed by atoms with van der Waals surface area (Å²) < 4.78 is 33.0. The monoisotopic (exact) mass is 432 g/mol. The van der Waals surface area contributed by atoms with Crippen molar-refractivity contribution in [2.45, 2.75) is 25.7 Å². The average molecular weight is 433 g/mol. The van der Waals surface area contributed by atoms with E-state index in [1.165, 1.54) is 10.4 Å². The summed E-state index contributed by atoms with van der Waals surface area (Å²) in [6.07, 6.45) is 1.59. The molecular formula is C20H24N4O3S2. The van der Waals surface area contributed by atoms with Crippen LogP contribution in [0.4, 0.5) is 5.82 Å². The Labute approximate surface area is 175 Å². The maximum Gasteiger partial charge on any atom is 0.243 e. The normalized spacial score (nSPS) is 15.8. The largest absolute Gasteiger partial charge is 0.494 e. The highest BCUT2D eigenvalue weighted by Crippen LogP contribution is 2.34. The lowest BCUT2D eigenvalue weighted by Crippen LogP contribution is -2.49. The summed E-state index contributed by atoms with van der Waals surface area (Å²) in [7, 11) is -3.53. The molecule has 1 aliphatic heterocycles. The van der Waals surface area contributed by atoms with Gasteiger partial charge in [-0.3, -0.25) is 0 Å². The molecule has 7 nitrogen and oxygen atoms in total. The fourth-order valence-corrected chi connectivity index (χ4v) is 5.98. The molecule has 3 heterocycles. The van der Waals surface area contributed by atoms with Gasteiger partial charge in [0.25, 0.3) is 0 Å². The van der Waals surface area contributed by atoms with E-state index in [0.29, 0.717) is 43.4 Å². The molecule has 1 aliphatic rings. The van der Waals surface area contributed by atoms with E-state index in [1.54, 1.807) is 46.2 Å². The standard InChI is InChI=1S/C20H24N4O3S2/c1-4-27-16-5-7-17(8-6-16)29(25,26)24-11-9-23(10-12-24)19-18-14(2)15(3)28-20(18)22-13-21-19/h5-8,13H,4,9-12H2,1-3H3. The molecule has 4 rings (SSSR count). The lowest BCUT2D eigenvalue weighted by molar-refractivity contribution is 0.340. The summed E-state index contributed by atoms with van der Waals surface area (Å²) in [5, 5.41) is 1.08. The van der Waals surface area contributed by atoms with Crippen molar-refractivity contribution in [2.24, 2.45) is 0 Å². The zero-order valence-corrected chi connectivity index (χ0v) is 18.4. The number of benzene rings is 1. The van der Waals surface area contributed by atoms with Crippen molar-refractivity contribution < 1.29 is 13.2 Å². The molecule has 9 heteroatoms. The van der Waals surface area contributed by atoms with Gasteiger partial charge >= 0.3 is 0 Å². The molecule has 0 spiro atoms. The second-order valence-electron chi connectivity index (χ2n) is 6.96. The first-order valence-electron chi connectivity index (χ1n) is 9.60. The number of thiophene rings is 1. The summed E-state index contributed by atoms with van der Waals surface area (Å²) in [6.45, 7) is 8.65. The van der Waals surface area contributed by atoms with Crippen LogP contribution in [0.1, 0.15) is 17.4 Å². The van der Waals surface area contributed by atoms with Crippen molar-refractivity contribution in [1.29, 1.82) is 0 Å². The predicted molar refractivity (Wildman–Crippen MR) is 115 cm³/mol. The molecule has 0 radical (unpaired) electrons. The van der Waals surface area contributed by atoms with Crippen LogP contribution in [0.5, 0.6) is 5.75 Å². The number of fused-ring (bicyclic) bond motifs is 1. The topological polar surface area (TPSA) is 75.6 Å². The van der Waals surface area contributed by atoms with Crippen LogP contribution in [0.2, 0.25) is 0 Å². The van der Waals surface area contributed by atoms with Gasteiger partial charge in [0.1, 0.15) is 22.7 Å². The Morgan fingerprint density at radius 3 is 2.41 bits per heavy atom. The highest BCUT2D eigenvalue weighted by atomic mass is 32.2. The number of sulfonamides is 1. The SMILES string of the molecule is CCOc1ccc(S(=O)(=O)N2CCN(c3ncnc4sc(C)c(C)c34)CC2)cc1. The van der Waals surface area contributed by atoms with Crippen LogP contribution in [0.25, 0.3) is 10.2 Å². The molecule has 29 heavy (non-hydrogen) atoms. The first-order chi connectivity index (χ1) is 13.9. The number of hydrogen-bond donors (Lipinski definition) is 0. The fourth-order valence-electron chi connectivity index (χ4n) is 3.57. The second kappa shape index (κ2) is 7.89. The predicted octanol–water partition coefficient (Wildman–Crippen LogP) is 3.22. The Morgan fingerprint density at radius 2 is 1.76 bits per heavy atom. The van der Waals surface area contributed by atoms with Gasteiger partial charge < -0.3 is 9.64 Å². The summed E-state index contributed by atoms with van der Waals surface area (Å²) in [5.41, 5.74) is 1.20. The van der Waals surface area contributed by atoms with Gasteiger partial charge in [-0.2, -0.15) is 4.31 Å². The smallest absolute Gasteiger partial charge is 0.243 e. The molecule has 0 amide bonds. The van der Waals surface area contributed by atoms with Crippen molar-refractivity contribution >= 4 is 37.4 Å². The van der Waals surface area contributed by atoms with E-state index in [9.17, 15) is 8.42 Å². The fraction of sp³-hybridized carbons (Fsp3) is 0.400. The third kappa shape index (κ3) is 3.70. The van der Waals surface area contributed by atoms with Gasteiger partial charge in [0.15, 0.2) is 0 Å². The number of ether oxygens (including phenoxy) is 1. The highest BCUT2D eigenvalue weighted by Gasteiger charge is 2.30. The Hall–Kier alpha value is -2.23. The van der Waals surface area contributed by atoms with E-state index in [1.807, 2.05) is 6.92 Å². The molecule has 1 fully saturated rings. The molecular weight excluding hydrogens is 408 g/mol. The van der Waals surface area contributed by atoms with Gasteiger partial charge in [0.2, 0.25) is 10.0 Å². The quantitative estimate of drug-likeness (QED) is 0.616. The maximum atomic E-state index is 13.0. The van der Waals surface area contributed by atoms with E-state index >= 15 is 0 Å². The Kier molecular flexibility index (Phi) is 5.46. The number of rotatable bonds is 5. The van der Waals surface area contributed by atoms with E-state index in [2.05, 4.69) is 28.7 Å². The lowest BCUT2D eigenvalue weighted by atomic mass is 10.2. The van der Waals surface area contributed by atoms with E-state index in [0.717, 1.165) is 16.0 Å². The first kappa shape index (κ1) is 20.1. The lowest BCUT2D eigenvalue weighted by Gasteiger charge is -2.35. The van der Waals surface area contributed by atoms with Gasteiger partial charge in [-0.15, -0.1) is 11.3 Å². The van der Waals surface area contributed by atoms with E-state index in [-0.39, 0.29) is 0 Å². The van der Waals surface area contributed by atoms with Crippen molar-refractivity contribution in [3.8, 4) is 5.75 Å². The Bertz CT molecular complexity index is 1120. The molecule has 0 N–H and O–H groups in total. The van der Waals surface area contributed by atoms with Crippen molar-refractivity contribution in [2.75, 3.05) is 37.7 Å². The van der Waals surface area contributed by atoms with Gasteiger partial charge in [0, 0.05) is 31.1 Å². The minimum absolute atomic E-state index is 0.295. The van der Waals surface area contributed by atoms with Gasteiger partial charge in [-0.25, -0.2) is 18.4 Å². The molecule has 3 aromatic rings. The molecule has 1 saturated heterocycles. The number of aromatic nitrogens is 2. The molecule has 0 aliphatic carbocycles. The molecule has 0 unspecified atom stereocenters. The minimum atomic E-state index is -3.53. The van der Waals surface area contributed by atoms with Crippen LogP contribution in [0.3, 0.4) is 0 Å². The number of hydrogen-bond acceptors (Lipinski definition) is 7. The summed E-state index contributed by atoms with van der Waals surface area (Å²) in [4.78, 5) is 13.6. The first-order valence-corrected chi connectivity index (χ1v) is 11.9. The van der Waals surface area contributed by atoms with Gasteiger partial charge in [0.05, 0.1) is 16.9 Å². The van der Waals surface area contributed by atoms with Crippen molar-refractivity contribution in [3.05, 3.63) is 41.0 Å². The molecule has 0 saturated carbocycles. The number of piperazine rings is 1. The van der Waals surface area contributed by atoms with Crippen LogP contribution in [0, 0.1) is 13.8 Å². The second-order valence-corrected chi connectivity index (χ2v) is 10.1. The number of nitrogens with zero attached hydrogens (tertiary/aromatic N) is 4. The van der Waals surface area contributed by atoms with Crippen LogP contribution in [-0.4, -0.2) is 55.5 Å². The molecule has 1 aromatic carbocycles. The van der Waals surface area contributed by atoms with Gasteiger partial charge in [-0.05, 0) is 50.6 Å². The molecule has 154 valence electrons. The maximum absolute atomic E-state index is 13.0. The average Bonchev–Trinajstić information content (AvgIpc) is 3.03. The van der Waals surface area contributed by atoms with Gasteiger partial charge in [-0.1, -0.05) is 0 Å². The van der Waals surface area contributed by atoms with E-state index in [4.69, 9.17) is 4.74 Å². The zero-order valence-electron chi connectivity index (χ0n) is 16.8. The zero-order chi connectivity index (χ0) is 20.6. The molecule has 2 aromatic heterocycles. The van der Waals surface area contributed by atoms with Crippen LogP contribution < -0.4 is 9.64 Å². The van der Waals surface area contributed by atoms with Crippen LogP contribution >= 0.6 is 11.3 Å². The summed E-state index contributed by atoms with van der Waals surface area (Å²) >= 11 is 1.67. The number of anilines is 1. The Balaban J connectivity index is 1.52. The third-order valence-corrected chi connectivity index (χ3v) is 8.28. The Morgan fingerprint density at radius 1 is 1.07 bits per heavy atom. The third-order valence-electron chi connectivity index (χ3n) is 5.26. The summed E-state index contributed by atoms with van der Waals surface area (Å²) in [5.74, 6) is 1.57. The van der Waals surface area contributed by atoms with Crippen molar-refractivity contribution in [1.82, 2.24) is 14.3 Å².